The molecule has 0 saturated heterocycles. The zero-order valence-corrected chi connectivity index (χ0v) is 10.5. The van der Waals surface area contributed by atoms with Gasteiger partial charge in [-0.1, -0.05) is 13.3 Å². The van der Waals surface area contributed by atoms with Crippen LogP contribution in [-0.4, -0.2) is 22.4 Å². The lowest BCUT2D eigenvalue weighted by atomic mass is 10.1. The topological polar surface area (TPSA) is 61.2 Å². The molecule has 1 heterocycles. The molecular formula is C12H18N2O3. The summed E-state index contributed by atoms with van der Waals surface area (Å²) in [4.78, 5) is 23.5. The van der Waals surface area contributed by atoms with Crippen LogP contribution in [0.2, 0.25) is 0 Å². The summed E-state index contributed by atoms with van der Waals surface area (Å²) in [6.07, 6.45) is 1.33. The van der Waals surface area contributed by atoms with E-state index in [4.69, 9.17) is 4.74 Å². The second-order valence-corrected chi connectivity index (χ2v) is 3.81. The molecule has 1 aromatic rings. The highest BCUT2D eigenvalue weighted by Crippen LogP contribution is 2.12. The molecule has 0 aliphatic rings. The van der Waals surface area contributed by atoms with Crippen LogP contribution in [0.5, 0.6) is 0 Å². The Morgan fingerprint density at radius 1 is 1.47 bits per heavy atom. The first-order valence-corrected chi connectivity index (χ1v) is 5.83. The van der Waals surface area contributed by atoms with E-state index in [1.807, 2.05) is 6.92 Å². The fourth-order valence-electron chi connectivity index (χ4n) is 1.60. The Balaban J connectivity index is 3.08. The Hall–Kier alpha value is -1.65. The van der Waals surface area contributed by atoms with Crippen LogP contribution in [0.1, 0.15) is 38.4 Å². The van der Waals surface area contributed by atoms with Crippen LogP contribution in [0.3, 0.4) is 0 Å². The maximum absolute atomic E-state index is 11.8. The second-order valence-electron chi connectivity index (χ2n) is 3.81. The molecule has 5 heteroatoms. The van der Waals surface area contributed by atoms with Crippen molar-refractivity contribution < 1.29 is 9.53 Å². The van der Waals surface area contributed by atoms with Gasteiger partial charge in [-0.05, 0) is 26.3 Å². The van der Waals surface area contributed by atoms with Crippen molar-refractivity contribution in [2.75, 3.05) is 6.61 Å². The van der Waals surface area contributed by atoms with E-state index in [9.17, 15) is 9.59 Å². The first-order chi connectivity index (χ1) is 8.10. The van der Waals surface area contributed by atoms with Crippen LogP contribution in [0.4, 0.5) is 0 Å². The normalized spacial score (nSPS) is 12.2. The van der Waals surface area contributed by atoms with Gasteiger partial charge in [-0.25, -0.2) is 9.48 Å². The molecule has 0 bridgehead atoms. The van der Waals surface area contributed by atoms with E-state index < -0.39 is 12.0 Å². The minimum Gasteiger partial charge on any atom is -0.464 e. The van der Waals surface area contributed by atoms with Gasteiger partial charge in [0.15, 0.2) is 6.04 Å². The van der Waals surface area contributed by atoms with Crippen LogP contribution >= 0.6 is 0 Å². The highest BCUT2D eigenvalue weighted by atomic mass is 16.5. The predicted octanol–water partition coefficient (Wildman–Crippen LogP) is 1.46. The fraction of sp³-hybridized carbons (Fsp3) is 0.583. The first-order valence-electron chi connectivity index (χ1n) is 5.83. The number of rotatable bonds is 5. The second kappa shape index (κ2) is 6.18. The molecule has 0 aliphatic heterocycles. The number of aryl methyl sites for hydroxylation is 1. The number of aromatic nitrogens is 2. The zero-order chi connectivity index (χ0) is 12.8. The monoisotopic (exact) mass is 238 g/mol. The number of hydrogen-bond donors (Lipinski definition) is 0. The van der Waals surface area contributed by atoms with Crippen molar-refractivity contribution in [3.63, 3.8) is 0 Å². The van der Waals surface area contributed by atoms with Crippen LogP contribution in [0.25, 0.3) is 0 Å². The largest absolute Gasteiger partial charge is 0.464 e. The molecule has 17 heavy (non-hydrogen) atoms. The van der Waals surface area contributed by atoms with Gasteiger partial charge >= 0.3 is 5.97 Å². The van der Waals surface area contributed by atoms with Gasteiger partial charge in [0, 0.05) is 6.07 Å². The molecular weight excluding hydrogens is 220 g/mol. The highest BCUT2D eigenvalue weighted by Gasteiger charge is 2.22. The number of hydrogen-bond acceptors (Lipinski definition) is 4. The molecule has 0 N–H and O–H groups in total. The molecule has 0 fully saturated rings. The molecule has 0 saturated carbocycles. The van der Waals surface area contributed by atoms with Crippen molar-refractivity contribution >= 4 is 5.97 Å². The van der Waals surface area contributed by atoms with E-state index in [-0.39, 0.29) is 5.56 Å². The molecule has 0 aliphatic carbocycles. The summed E-state index contributed by atoms with van der Waals surface area (Å²) in [6.45, 7) is 5.78. The third kappa shape index (κ3) is 3.41. The fourth-order valence-corrected chi connectivity index (χ4v) is 1.60. The van der Waals surface area contributed by atoms with Gasteiger partial charge in [-0.3, -0.25) is 4.79 Å². The van der Waals surface area contributed by atoms with Gasteiger partial charge in [-0.15, -0.1) is 0 Å². The van der Waals surface area contributed by atoms with E-state index in [0.29, 0.717) is 18.7 Å². The maximum Gasteiger partial charge on any atom is 0.331 e. The van der Waals surface area contributed by atoms with Crippen LogP contribution in [0.15, 0.2) is 16.9 Å². The lowest BCUT2D eigenvalue weighted by Crippen LogP contribution is -2.33. The summed E-state index contributed by atoms with van der Waals surface area (Å²) in [6, 6.07) is 2.43. The van der Waals surface area contributed by atoms with Gasteiger partial charge in [0.25, 0.3) is 5.56 Å². The van der Waals surface area contributed by atoms with E-state index in [1.54, 1.807) is 19.9 Å². The van der Waals surface area contributed by atoms with E-state index in [0.717, 1.165) is 6.42 Å². The van der Waals surface area contributed by atoms with Crippen LogP contribution < -0.4 is 5.56 Å². The smallest absolute Gasteiger partial charge is 0.331 e. The summed E-state index contributed by atoms with van der Waals surface area (Å²) in [5.74, 6) is -0.394. The average molecular weight is 238 g/mol. The number of esters is 1. The number of carbonyl (C=O) groups excluding carboxylic acids is 1. The first kappa shape index (κ1) is 13.4. The lowest BCUT2D eigenvalue weighted by molar-refractivity contribution is -0.147. The Labute approximate surface area is 100 Å². The van der Waals surface area contributed by atoms with Crippen LogP contribution in [-0.2, 0) is 9.53 Å². The maximum atomic E-state index is 11.8. The van der Waals surface area contributed by atoms with Gasteiger partial charge < -0.3 is 4.74 Å². The molecule has 0 radical (unpaired) electrons. The molecule has 94 valence electrons. The van der Waals surface area contributed by atoms with Gasteiger partial charge in [0.2, 0.25) is 0 Å². The molecule has 1 rings (SSSR count). The lowest BCUT2D eigenvalue weighted by Gasteiger charge is -2.16. The third-order valence-electron chi connectivity index (χ3n) is 2.37. The predicted molar refractivity (Wildman–Crippen MR) is 63.8 cm³/mol. The molecule has 5 nitrogen and oxygen atoms in total. The van der Waals surface area contributed by atoms with Crippen molar-refractivity contribution in [3.8, 4) is 0 Å². The highest BCUT2D eigenvalue weighted by molar-refractivity contribution is 5.74. The molecule has 1 atom stereocenters. The summed E-state index contributed by atoms with van der Waals surface area (Å²) in [7, 11) is 0. The zero-order valence-electron chi connectivity index (χ0n) is 10.5. The minimum absolute atomic E-state index is 0.276. The Morgan fingerprint density at radius 2 is 2.18 bits per heavy atom. The average Bonchev–Trinajstić information content (AvgIpc) is 2.30. The molecule has 1 unspecified atom stereocenters. The van der Waals surface area contributed by atoms with Crippen molar-refractivity contribution in [3.05, 3.63) is 28.2 Å². The Kier molecular flexibility index (Phi) is 4.87. The quantitative estimate of drug-likeness (QED) is 0.728. The van der Waals surface area contributed by atoms with Crippen molar-refractivity contribution in [1.82, 2.24) is 9.78 Å². The molecule has 0 spiro atoms. The van der Waals surface area contributed by atoms with Crippen LogP contribution in [0, 0.1) is 6.92 Å². The van der Waals surface area contributed by atoms with E-state index in [1.165, 1.54) is 10.7 Å². The minimum atomic E-state index is -0.618. The van der Waals surface area contributed by atoms with Crippen molar-refractivity contribution in [2.45, 2.75) is 39.7 Å². The van der Waals surface area contributed by atoms with E-state index >= 15 is 0 Å². The number of carbonyl (C=O) groups is 1. The Morgan fingerprint density at radius 3 is 2.76 bits per heavy atom. The summed E-state index contributed by atoms with van der Waals surface area (Å²) < 4.78 is 6.19. The van der Waals surface area contributed by atoms with Gasteiger partial charge in [0.05, 0.1) is 12.3 Å². The molecule has 1 aromatic heterocycles. The van der Waals surface area contributed by atoms with Gasteiger partial charge in [0.1, 0.15) is 0 Å². The number of nitrogens with zero attached hydrogens (tertiary/aromatic N) is 2. The summed E-state index contributed by atoms with van der Waals surface area (Å²) in [5.41, 5.74) is 0.428. The third-order valence-corrected chi connectivity index (χ3v) is 2.37. The SMILES string of the molecule is CCCC(C(=O)OCC)n1nc(C)ccc1=O. The van der Waals surface area contributed by atoms with Crippen molar-refractivity contribution in [2.24, 2.45) is 0 Å². The molecule has 0 aromatic carbocycles. The Bertz CT molecular complexity index is 440. The summed E-state index contributed by atoms with van der Waals surface area (Å²) >= 11 is 0. The standard InChI is InChI=1S/C12H18N2O3/c1-4-6-10(12(16)17-5-2)14-11(15)8-7-9(3)13-14/h7-8,10H,4-6H2,1-3H3. The van der Waals surface area contributed by atoms with Crippen molar-refractivity contribution in [1.29, 1.82) is 0 Å². The molecule has 0 amide bonds. The van der Waals surface area contributed by atoms with E-state index in [2.05, 4.69) is 5.10 Å². The van der Waals surface area contributed by atoms with Gasteiger partial charge in [-0.2, -0.15) is 5.10 Å². The summed E-state index contributed by atoms with van der Waals surface area (Å²) in [5, 5.41) is 4.10. The number of ether oxygens (including phenoxy) is 1.